The number of benzene rings is 8. The molecule has 0 radical (unpaired) electrons. The summed E-state index contributed by atoms with van der Waals surface area (Å²) in [4.78, 5) is 4.09. The van der Waals surface area contributed by atoms with E-state index in [4.69, 9.17) is 2.74 Å². The maximum Gasteiger partial charge on any atom is 0.264 e. The second-order valence-corrected chi connectivity index (χ2v) is 27.8. The molecule has 9 aromatic rings. The molecule has 3 aliphatic rings. The zero-order valence-corrected chi connectivity index (χ0v) is 48.9. The normalized spacial score (nSPS) is 19.7. The molecule has 0 saturated carbocycles. The molecule has 0 unspecified atom stereocenters. The minimum Gasteiger partial charge on any atom is -0.311 e. The van der Waals surface area contributed by atoms with Gasteiger partial charge in [0.1, 0.15) is 0 Å². The molecule has 0 bridgehead atoms. The zero-order chi connectivity index (χ0) is 75.9. The van der Waals surface area contributed by atoms with Gasteiger partial charge in [0.2, 0.25) is 0 Å². The van der Waals surface area contributed by atoms with Crippen molar-refractivity contribution in [2.24, 2.45) is 0 Å². The van der Waals surface area contributed by atoms with E-state index in [2.05, 4.69) is 27.7 Å². The molecule has 1 aromatic heterocycles. The van der Waals surface area contributed by atoms with Crippen molar-refractivity contribution < 1.29 is 31.5 Å². The van der Waals surface area contributed by atoms with Crippen LogP contribution >= 0.6 is 11.3 Å². The average molecular weight is 1080 g/mol. The van der Waals surface area contributed by atoms with E-state index < -0.39 is 177 Å². The summed E-state index contributed by atoms with van der Waals surface area (Å²) in [5.74, 6) is 0. The van der Waals surface area contributed by atoms with Gasteiger partial charge in [-0.15, -0.1) is 11.3 Å². The van der Waals surface area contributed by atoms with Crippen molar-refractivity contribution in [3.05, 3.63) is 203 Å². The van der Waals surface area contributed by atoms with E-state index in [9.17, 15) is 28.8 Å². The Kier molecular flexibility index (Phi) is 7.54. The summed E-state index contributed by atoms with van der Waals surface area (Å²) in [6.07, 6.45) is 1.57. The molecule has 5 heteroatoms. The van der Waals surface area contributed by atoms with Crippen LogP contribution in [0.5, 0.6) is 0 Å². The van der Waals surface area contributed by atoms with Crippen molar-refractivity contribution in [1.82, 2.24) is 0 Å². The van der Waals surface area contributed by atoms with Gasteiger partial charge in [-0.05, 0) is 174 Å². The van der Waals surface area contributed by atoms with E-state index >= 15 is 0 Å². The van der Waals surface area contributed by atoms with Gasteiger partial charge in [-0.2, -0.15) is 0 Å². The Morgan fingerprint density at radius 1 is 0.494 bits per heavy atom. The summed E-state index contributed by atoms with van der Waals surface area (Å²) in [6, 6.07) is -5.77. The Bertz CT molecular complexity index is 5090. The van der Waals surface area contributed by atoms with E-state index in [1.54, 1.807) is 62.3 Å². The number of para-hydroxylation sites is 2. The molecule has 0 fully saturated rings. The highest BCUT2D eigenvalue weighted by Gasteiger charge is 2.47. The SMILES string of the molecule is [2H]c1c([2H])c([2H])c(N(c2cc3c4c(c2)N(c2ccc5c(c2)C(C)(C)CCC5(C)C)c2c(sc5c([2H])c([2H])c(C(C)(C)C)c([2H])c25)B4c2c([2H])c(C(C)(C)C)c([2H])c([2H])c2N3c2c([2H])c([2H])c(C(C)(C)C)c([2H])c2-c2c([2H])c([2H])c(C(C)(C)C)c([2H])c2[2H])c2c([2H])c([2H])c([2H])c([2H])c2[2H])c([2H])c1[2H]. The number of hydrogen-bond acceptors (Lipinski definition) is 4. The second kappa shape index (κ2) is 18.4. The van der Waals surface area contributed by atoms with Crippen LogP contribution in [0.15, 0.2) is 169 Å². The summed E-state index contributed by atoms with van der Waals surface area (Å²) >= 11 is 1.08. The van der Waals surface area contributed by atoms with E-state index in [0.29, 0.717) is 10.5 Å². The van der Waals surface area contributed by atoms with Gasteiger partial charge in [0, 0.05) is 54.6 Å². The standard InChI is InChI=1S/C74H80BN3S/c1-69(2,3)48-29-27-47(28-30-48)56-41-49(70(4,5)6)31-36-61(56)78-62-37-32-51(72(10,11)12)43-60(62)75-66-63(45-55(46-64(66)78)76(52-23-19-17-20-24-52)53-25-21-18-22-26-53)77(54-34-35-58-59(44-54)74(15,16)40-39-73(58,13)14)67-57-42-50(71(7,8)9)33-38-65(57)79-68(67)75/h17-38,41-46H,39-40H2,1-16H3/i17D,18D,19D,20D,21D,22D,23D,24D,25D,26D,27D,28D,29D,30D,31D,32D,33D,36D,37D,38D,41D,42D,43D. The first kappa shape index (κ1) is 32.4. The summed E-state index contributed by atoms with van der Waals surface area (Å²) in [7, 11) is 0. The third-order valence-corrected chi connectivity index (χ3v) is 17.0. The largest absolute Gasteiger partial charge is 0.311 e. The highest BCUT2D eigenvalue weighted by molar-refractivity contribution is 7.33. The third kappa shape index (κ3) is 9.04. The first-order chi connectivity index (χ1) is 46.8. The van der Waals surface area contributed by atoms with Crippen LogP contribution in [-0.2, 0) is 32.5 Å². The maximum atomic E-state index is 10.9. The Hall–Kier alpha value is -6.82. The van der Waals surface area contributed by atoms with Crippen molar-refractivity contribution in [3.63, 3.8) is 0 Å². The lowest BCUT2D eigenvalue weighted by molar-refractivity contribution is 0.332. The molecular weight excluding hydrogens is 974 g/mol. The van der Waals surface area contributed by atoms with Gasteiger partial charge in [0.05, 0.1) is 48.6 Å². The van der Waals surface area contributed by atoms with Crippen molar-refractivity contribution in [3.8, 4) is 11.1 Å². The van der Waals surface area contributed by atoms with Crippen LogP contribution in [0.4, 0.5) is 51.2 Å². The third-order valence-electron chi connectivity index (χ3n) is 15.8. The van der Waals surface area contributed by atoms with Gasteiger partial charge in [0.25, 0.3) is 6.71 Å². The van der Waals surface area contributed by atoms with Gasteiger partial charge in [-0.1, -0.05) is 201 Å². The Morgan fingerprint density at radius 2 is 1.00 bits per heavy atom. The van der Waals surface area contributed by atoms with E-state index in [1.165, 1.54) is 17.0 Å². The number of hydrogen-bond donors (Lipinski definition) is 0. The summed E-state index contributed by atoms with van der Waals surface area (Å²) in [5, 5.41) is 0.201. The van der Waals surface area contributed by atoms with Crippen molar-refractivity contribution in [1.29, 1.82) is 0 Å². The van der Waals surface area contributed by atoms with Gasteiger partial charge in [-0.3, -0.25) is 0 Å². The summed E-state index contributed by atoms with van der Waals surface area (Å²) < 4.78 is 228. The van der Waals surface area contributed by atoms with Gasteiger partial charge >= 0.3 is 0 Å². The van der Waals surface area contributed by atoms with E-state index in [1.807, 2.05) is 43.9 Å². The van der Waals surface area contributed by atoms with Crippen molar-refractivity contribution in [2.45, 2.75) is 156 Å². The smallest absolute Gasteiger partial charge is 0.264 e. The molecule has 1 aliphatic carbocycles. The molecule has 79 heavy (non-hydrogen) atoms. The number of thiophene rings is 1. The molecule has 400 valence electrons. The van der Waals surface area contributed by atoms with Crippen LogP contribution in [0.25, 0.3) is 21.2 Å². The maximum absolute atomic E-state index is 10.9. The van der Waals surface area contributed by atoms with Gasteiger partial charge < -0.3 is 14.7 Å². The highest BCUT2D eigenvalue weighted by atomic mass is 32.1. The molecule has 2 aliphatic heterocycles. The molecule has 12 rings (SSSR count). The average Bonchev–Trinajstić information content (AvgIpc) is 1.20. The minimum absolute atomic E-state index is 0.00227. The molecule has 0 spiro atoms. The number of anilines is 9. The molecule has 0 atom stereocenters. The first-order valence-electron chi connectivity index (χ1n) is 38.6. The van der Waals surface area contributed by atoms with Crippen LogP contribution in [0, 0.1) is 0 Å². The number of fused-ring (bicyclic) bond motifs is 7. The van der Waals surface area contributed by atoms with E-state index in [0.717, 1.165) is 40.2 Å². The quantitative estimate of drug-likeness (QED) is 0.154. The molecule has 0 N–H and O–H groups in total. The lowest BCUT2D eigenvalue weighted by Gasteiger charge is -2.46. The van der Waals surface area contributed by atoms with Crippen LogP contribution in [0.2, 0.25) is 0 Å². The minimum atomic E-state index is -1.35. The van der Waals surface area contributed by atoms with Crippen molar-refractivity contribution in [2.75, 3.05) is 14.7 Å². The Morgan fingerprint density at radius 3 is 1.58 bits per heavy atom. The molecule has 0 amide bonds. The molecule has 3 nitrogen and oxygen atoms in total. The molecule has 3 heterocycles. The lowest BCUT2D eigenvalue weighted by Crippen LogP contribution is -2.60. The van der Waals surface area contributed by atoms with E-state index in [-0.39, 0.29) is 101 Å². The zero-order valence-electron chi connectivity index (χ0n) is 71.1. The van der Waals surface area contributed by atoms with Crippen molar-refractivity contribution >= 4 is 95.0 Å². The number of rotatable bonds is 6. The predicted molar refractivity (Wildman–Crippen MR) is 346 cm³/mol. The number of nitrogens with zero attached hydrogens (tertiary/aromatic N) is 3. The predicted octanol–water partition coefficient (Wildman–Crippen LogP) is 19.7. The monoisotopic (exact) mass is 1080 g/mol. The molecule has 8 aromatic carbocycles. The first-order valence-corrected chi connectivity index (χ1v) is 28.0. The van der Waals surface area contributed by atoms with Gasteiger partial charge in [0.15, 0.2) is 0 Å². The lowest BCUT2D eigenvalue weighted by atomic mass is 9.36. The summed E-state index contributed by atoms with van der Waals surface area (Å²) in [6.45, 7) is 28.4. The Labute approximate surface area is 509 Å². The molecular formula is C74H80BN3S. The van der Waals surface area contributed by atoms with Gasteiger partial charge in [-0.25, -0.2) is 0 Å². The summed E-state index contributed by atoms with van der Waals surface area (Å²) in [5.41, 5.74) is -5.50. The fraction of sp³-hybridized carbons (Fsp3) is 0.324. The highest BCUT2D eigenvalue weighted by Crippen LogP contribution is 2.55. The van der Waals surface area contributed by atoms with Crippen LogP contribution in [0.3, 0.4) is 0 Å². The molecule has 0 saturated heterocycles. The Balaban J connectivity index is 1.44. The fourth-order valence-electron chi connectivity index (χ4n) is 11.2. The van der Waals surface area contributed by atoms with Crippen LogP contribution in [0.1, 0.15) is 189 Å². The topological polar surface area (TPSA) is 9.72 Å². The van der Waals surface area contributed by atoms with Crippen LogP contribution < -0.4 is 30.4 Å². The fourth-order valence-corrected chi connectivity index (χ4v) is 12.4. The second-order valence-electron chi connectivity index (χ2n) is 26.8. The van der Waals surface area contributed by atoms with Crippen LogP contribution in [-0.4, -0.2) is 6.71 Å².